The van der Waals surface area contributed by atoms with E-state index in [-0.39, 0.29) is 5.54 Å². The summed E-state index contributed by atoms with van der Waals surface area (Å²) in [5.41, 5.74) is -0.291. The Bertz CT molecular complexity index is 424. The predicted molar refractivity (Wildman–Crippen MR) is 80.8 cm³/mol. The zero-order valence-corrected chi connectivity index (χ0v) is 12.9. The molecular formula is C17H27N3O. The number of hydrogen-bond donors (Lipinski definition) is 1. The van der Waals surface area contributed by atoms with E-state index in [1.165, 1.54) is 51.4 Å². The summed E-state index contributed by atoms with van der Waals surface area (Å²) in [5, 5.41) is 13.6. The molecule has 4 rings (SSSR count). The van der Waals surface area contributed by atoms with Gasteiger partial charge in [-0.15, -0.1) is 0 Å². The maximum atomic E-state index is 9.92. The van der Waals surface area contributed by atoms with Crippen LogP contribution in [0, 0.1) is 17.2 Å². The van der Waals surface area contributed by atoms with Crippen LogP contribution in [0.15, 0.2) is 0 Å². The molecule has 1 N–H and O–H groups in total. The molecule has 3 atom stereocenters. The summed E-state index contributed by atoms with van der Waals surface area (Å²) in [5.74, 6) is 0.577. The van der Waals surface area contributed by atoms with Gasteiger partial charge in [-0.2, -0.15) is 5.26 Å². The Morgan fingerprint density at radius 1 is 1.14 bits per heavy atom. The van der Waals surface area contributed by atoms with E-state index in [9.17, 15) is 5.26 Å². The largest absolute Gasteiger partial charge is 0.375 e. The molecular weight excluding hydrogens is 262 g/mol. The molecule has 0 amide bonds. The predicted octanol–water partition coefficient (Wildman–Crippen LogP) is 2.05. The fourth-order valence-corrected chi connectivity index (χ4v) is 4.31. The molecule has 0 aromatic rings. The average Bonchev–Trinajstić information content (AvgIpc) is 3.39. The van der Waals surface area contributed by atoms with E-state index < -0.39 is 0 Å². The van der Waals surface area contributed by atoms with Crippen molar-refractivity contribution in [2.45, 2.75) is 75.1 Å². The van der Waals surface area contributed by atoms with Gasteiger partial charge in [0, 0.05) is 25.2 Å². The van der Waals surface area contributed by atoms with Crippen LogP contribution in [-0.2, 0) is 4.74 Å². The molecule has 1 heterocycles. The van der Waals surface area contributed by atoms with Crippen molar-refractivity contribution in [1.29, 1.82) is 5.26 Å². The normalized spacial score (nSPS) is 36.5. The van der Waals surface area contributed by atoms with Gasteiger partial charge in [0.25, 0.3) is 0 Å². The lowest BCUT2D eigenvalue weighted by molar-refractivity contribution is -0.0936. The third-order valence-electron chi connectivity index (χ3n) is 5.81. The summed E-state index contributed by atoms with van der Waals surface area (Å²) in [6, 6.07) is 3.86. The van der Waals surface area contributed by atoms with E-state index in [4.69, 9.17) is 4.74 Å². The molecule has 116 valence electrons. The summed E-state index contributed by atoms with van der Waals surface area (Å²) in [7, 11) is 0. The quantitative estimate of drug-likeness (QED) is 0.841. The van der Waals surface area contributed by atoms with Crippen LogP contribution < -0.4 is 5.32 Å². The zero-order chi connectivity index (χ0) is 14.3. The standard InChI is InChI=1S/C17H27N3O/c18-11-17(13-5-6-13,19-14-7-8-14)12-20-9-10-21-16-4-2-1-3-15(16)20/h13-16,19H,1-10,12H2. The van der Waals surface area contributed by atoms with Gasteiger partial charge >= 0.3 is 0 Å². The highest BCUT2D eigenvalue weighted by molar-refractivity contribution is 5.19. The first-order valence-electron chi connectivity index (χ1n) is 8.85. The van der Waals surface area contributed by atoms with Crippen LogP contribution in [-0.4, -0.2) is 48.3 Å². The lowest BCUT2D eigenvalue weighted by Gasteiger charge is -2.46. The van der Waals surface area contributed by atoms with Crippen molar-refractivity contribution in [3.8, 4) is 6.07 Å². The maximum Gasteiger partial charge on any atom is 0.122 e. The highest BCUT2D eigenvalue weighted by Gasteiger charge is 2.50. The number of nitrogens with one attached hydrogen (secondary N) is 1. The molecule has 4 heteroatoms. The number of ether oxygens (including phenoxy) is 1. The summed E-state index contributed by atoms with van der Waals surface area (Å²) in [4.78, 5) is 2.59. The van der Waals surface area contributed by atoms with Gasteiger partial charge in [-0.3, -0.25) is 10.2 Å². The number of morpholine rings is 1. The average molecular weight is 289 g/mol. The van der Waals surface area contributed by atoms with Crippen LogP contribution in [0.5, 0.6) is 0 Å². The highest BCUT2D eigenvalue weighted by atomic mass is 16.5. The van der Waals surface area contributed by atoms with Crippen molar-refractivity contribution < 1.29 is 4.74 Å². The van der Waals surface area contributed by atoms with Gasteiger partial charge in [-0.05, 0) is 44.4 Å². The SMILES string of the molecule is N#CC(CN1CCOC2CCCCC21)(NC1CC1)C1CC1. The first kappa shape index (κ1) is 14.0. The molecule has 1 saturated heterocycles. The summed E-state index contributed by atoms with van der Waals surface area (Å²) >= 11 is 0. The minimum atomic E-state index is -0.291. The fraction of sp³-hybridized carbons (Fsp3) is 0.941. The number of nitrogens with zero attached hydrogens (tertiary/aromatic N) is 2. The lowest BCUT2D eigenvalue weighted by atomic mass is 9.87. The summed E-state index contributed by atoms with van der Waals surface area (Å²) in [6.07, 6.45) is 10.5. The van der Waals surface area contributed by atoms with E-state index in [1.54, 1.807) is 0 Å². The Balaban J connectivity index is 1.49. The van der Waals surface area contributed by atoms with Gasteiger partial charge in [-0.1, -0.05) is 12.8 Å². The van der Waals surface area contributed by atoms with Crippen LogP contribution in [0.2, 0.25) is 0 Å². The van der Waals surface area contributed by atoms with E-state index in [0.717, 1.165) is 19.7 Å². The molecule has 3 unspecified atom stereocenters. The van der Waals surface area contributed by atoms with Crippen molar-refractivity contribution in [2.24, 2.45) is 5.92 Å². The molecule has 0 aromatic heterocycles. The topological polar surface area (TPSA) is 48.3 Å². The lowest BCUT2D eigenvalue weighted by Crippen LogP contribution is -2.61. The highest BCUT2D eigenvalue weighted by Crippen LogP contribution is 2.42. The van der Waals surface area contributed by atoms with E-state index >= 15 is 0 Å². The van der Waals surface area contributed by atoms with E-state index in [2.05, 4.69) is 16.3 Å². The first-order valence-corrected chi connectivity index (χ1v) is 8.85. The maximum absolute atomic E-state index is 9.92. The molecule has 0 bridgehead atoms. The Morgan fingerprint density at radius 2 is 1.95 bits per heavy atom. The van der Waals surface area contributed by atoms with Crippen LogP contribution in [0.1, 0.15) is 51.4 Å². The van der Waals surface area contributed by atoms with Crippen molar-refractivity contribution in [3.05, 3.63) is 0 Å². The Hall–Kier alpha value is -0.630. The van der Waals surface area contributed by atoms with E-state index in [0.29, 0.717) is 24.1 Å². The second kappa shape index (κ2) is 5.53. The second-order valence-electron chi connectivity index (χ2n) is 7.51. The number of hydrogen-bond acceptors (Lipinski definition) is 4. The van der Waals surface area contributed by atoms with Crippen molar-refractivity contribution in [2.75, 3.05) is 19.7 Å². The summed E-state index contributed by atoms with van der Waals surface area (Å²) in [6.45, 7) is 2.76. The monoisotopic (exact) mass is 289 g/mol. The van der Waals surface area contributed by atoms with Crippen molar-refractivity contribution >= 4 is 0 Å². The molecule has 0 aromatic carbocycles. The Morgan fingerprint density at radius 3 is 2.67 bits per heavy atom. The molecule has 0 radical (unpaired) electrons. The first-order chi connectivity index (χ1) is 10.3. The molecule has 1 aliphatic heterocycles. The van der Waals surface area contributed by atoms with Gasteiger partial charge in [-0.25, -0.2) is 0 Å². The number of fused-ring (bicyclic) bond motifs is 1. The van der Waals surface area contributed by atoms with Gasteiger partial charge in [0.05, 0.1) is 18.8 Å². The molecule has 3 saturated carbocycles. The summed E-state index contributed by atoms with van der Waals surface area (Å²) < 4.78 is 5.98. The number of rotatable bonds is 5. The van der Waals surface area contributed by atoms with Crippen LogP contribution in [0.4, 0.5) is 0 Å². The molecule has 4 aliphatic rings. The minimum absolute atomic E-state index is 0.291. The van der Waals surface area contributed by atoms with Crippen LogP contribution in [0.25, 0.3) is 0 Å². The molecule has 4 nitrogen and oxygen atoms in total. The van der Waals surface area contributed by atoms with Crippen molar-refractivity contribution in [3.63, 3.8) is 0 Å². The van der Waals surface area contributed by atoms with Gasteiger partial charge in [0.2, 0.25) is 0 Å². The molecule has 4 fully saturated rings. The second-order valence-corrected chi connectivity index (χ2v) is 7.51. The third-order valence-corrected chi connectivity index (χ3v) is 5.81. The minimum Gasteiger partial charge on any atom is -0.375 e. The Kier molecular flexibility index (Phi) is 3.69. The molecule has 0 spiro atoms. The van der Waals surface area contributed by atoms with Gasteiger partial charge in [0.15, 0.2) is 0 Å². The smallest absolute Gasteiger partial charge is 0.122 e. The van der Waals surface area contributed by atoms with Gasteiger partial charge in [0.1, 0.15) is 5.54 Å². The Labute approximate surface area is 127 Å². The number of nitriles is 1. The zero-order valence-electron chi connectivity index (χ0n) is 12.9. The molecule has 3 aliphatic carbocycles. The van der Waals surface area contributed by atoms with Crippen LogP contribution in [0.3, 0.4) is 0 Å². The van der Waals surface area contributed by atoms with E-state index in [1.807, 2.05) is 0 Å². The van der Waals surface area contributed by atoms with Crippen LogP contribution >= 0.6 is 0 Å². The third kappa shape index (κ3) is 2.84. The van der Waals surface area contributed by atoms with Crippen molar-refractivity contribution in [1.82, 2.24) is 10.2 Å². The molecule has 21 heavy (non-hydrogen) atoms. The fourth-order valence-electron chi connectivity index (χ4n) is 4.31. The van der Waals surface area contributed by atoms with Gasteiger partial charge < -0.3 is 4.74 Å².